The second-order valence-corrected chi connectivity index (χ2v) is 5.48. The standard InChI is InChI=1S/C15H24N2/c1-12-5-3-6-13(2)15(12)17-10-8-14-7-4-9-16-11-14/h4,7,9,11-13,15,17H,3,5-6,8,10H2,1-2H3. The van der Waals surface area contributed by atoms with Crippen LogP contribution < -0.4 is 5.32 Å². The fourth-order valence-electron chi connectivity index (χ4n) is 3.01. The van der Waals surface area contributed by atoms with Gasteiger partial charge in [-0.15, -0.1) is 0 Å². The van der Waals surface area contributed by atoms with Gasteiger partial charge in [0.25, 0.3) is 0 Å². The van der Waals surface area contributed by atoms with E-state index in [0.29, 0.717) is 6.04 Å². The SMILES string of the molecule is CC1CCCC(C)C1NCCc1cccnc1. The molecule has 2 unspecified atom stereocenters. The van der Waals surface area contributed by atoms with Crippen LogP contribution in [-0.2, 0) is 6.42 Å². The molecule has 1 aromatic rings. The lowest BCUT2D eigenvalue weighted by atomic mass is 9.79. The van der Waals surface area contributed by atoms with Crippen molar-refractivity contribution < 1.29 is 0 Å². The summed E-state index contributed by atoms with van der Waals surface area (Å²) >= 11 is 0. The lowest BCUT2D eigenvalue weighted by molar-refractivity contribution is 0.210. The Bertz CT molecular complexity index is 313. The van der Waals surface area contributed by atoms with Gasteiger partial charge in [0.1, 0.15) is 0 Å². The van der Waals surface area contributed by atoms with Crippen LogP contribution in [0.25, 0.3) is 0 Å². The third-order valence-electron chi connectivity index (χ3n) is 4.06. The van der Waals surface area contributed by atoms with Gasteiger partial charge in [0.05, 0.1) is 0 Å². The zero-order valence-corrected chi connectivity index (χ0v) is 11.0. The smallest absolute Gasteiger partial charge is 0.0300 e. The maximum Gasteiger partial charge on any atom is 0.0300 e. The van der Waals surface area contributed by atoms with E-state index in [1.165, 1.54) is 24.8 Å². The van der Waals surface area contributed by atoms with Crippen molar-refractivity contribution in [3.05, 3.63) is 30.1 Å². The van der Waals surface area contributed by atoms with Crippen molar-refractivity contribution >= 4 is 0 Å². The largest absolute Gasteiger partial charge is 0.313 e. The summed E-state index contributed by atoms with van der Waals surface area (Å²) in [6, 6.07) is 4.88. The molecule has 1 aromatic heterocycles. The highest BCUT2D eigenvalue weighted by Crippen LogP contribution is 2.28. The number of hydrogen-bond donors (Lipinski definition) is 1. The number of aromatic nitrogens is 1. The molecule has 1 N–H and O–H groups in total. The van der Waals surface area contributed by atoms with E-state index in [9.17, 15) is 0 Å². The summed E-state index contributed by atoms with van der Waals surface area (Å²) in [6.45, 7) is 5.85. The van der Waals surface area contributed by atoms with Crippen molar-refractivity contribution in [2.45, 2.75) is 45.6 Å². The first-order chi connectivity index (χ1) is 8.27. The number of rotatable bonds is 4. The minimum Gasteiger partial charge on any atom is -0.313 e. The monoisotopic (exact) mass is 232 g/mol. The minimum absolute atomic E-state index is 0.709. The highest BCUT2D eigenvalue weighted by molar-refractivity contribution is 5.08. The average molecular weight is 232 g/mol. The topological polar surface area (TPSA) is 24.9 Å². The zero-order valence-electron chi connectivity index (χ0n) is 11.0. The summed E-state index contributed by atoms with van der Waals surface area (Å²) in [5.74, 6) is 1.65. The van der Waals surface area contributed by atoms with E-state index in [0.717, 1.165) is 24.8 Å². The molecule has 2 rings (SSSR count). The van der Waals surface area contributed by atoms with Crippen molar-refractivity contribution in [3.63, 3.8) is 0 Å². The first kappa shape index (κ1) is 12.6. The Balaban J connectivity index is 1.77. The van der Waals surface area contributed by atoms with Gasteiger partial charge < -0.3 is 5.32 Å². The van der Waals surface area contributed by atoms with Gasteiger partial charge in [0.15, 0.2) is 0 Å². The summed E-state index contributed by atoms with van der Waals surface area (Å²) in [7, 11) is 0. The summed E-state index contributed by atoms with van der Waals surface area (Å²) in [4.78, 5) is 4.15. The van der Waals surface area contributed by atoms with Crippen LogP contribution in [0.4, 0.5) is 0 Å². The Kier molecular flexibility index (Phi) is 4.55. The van der Waals surface area contributed by atoms with Crippen molar-refractivity contribution in [3.8, 4) is 0 Å². The lowest BCUT2D eigenvalue weighted by Crippen LogP contribution is -2.43. The van der Waals surface area contributed by atoms with Crippen molar-refractivity contribution in [1.82, 2.24) is 10.3 Å². The molecule has 0 aliphatic heterocycles. The van der Waals surface area contributed by atoms with Crippen LogP contribution in [0.3, 0.4) is 0 Å². The summed E-state index contributed by atoms with van der Waals surface area (Å²) in [5, 5.41) is 3.74. The molecule has 2 heteroatoms. The quantitative estimate of drug-likeness (QED) is 0.863. The molecule has 17 heavy (non-hydrogen) atoms. The number of hydrogen-bond acceptors (Lipinski definition) is 2. The minimum atomic E-state index is 0.709. The van der Waals surface area contributed by atoms with Crippen LogP contribution in [0.15, 0.2) is 24.5 Å². The maximum atomic E-state index is 4.15. The van der Waals surface area contributed by atoms with Gasteiger partial charge in [-0.3, -0.25) is 4.98 Å². The number of nitrogens with zero attached hydrogens (tertiary/aromatic N) is 1. The summed E-state index contributed by atoms with van der Waals surface area (Å²) in [5.41, 5.74) is 1.33. The van der Waals surface area contributed by atoms with Gasteiger partial charge in [-0.1, -0.05) is 26.3 Å². The molecule has 1 aliphatic rings. The van der Waals surface area contributed by atoms with Crippen LogP contribution >= 0.6 is 0 Å². The van der Waals surface area contributed by atoms with Crippen LogP contribution in [0.1, 0.15) is 38.7 Å². The van der Waals surface area contributed by atoms with Crippen LogP contribution in [-0.4, -0.2) is 17.6 Å². The molecule has 1 heterocycles. The molecule has 1 fully saturated rings. The first-order valence-electron chi connectivity index (χ1n) is 6.89. The fraction of sp³-hybridized carbons (Fsp3) is 0.667. The van der Waals surface area contributed by atoms with Crippen molar-refractivity contribution in [2.75, 3.05) is 6.54 Å². The van der Waals surface area contributed by atoms with Gasteiger partial charge >= 0.3 is 0 Å². The van der Waals surface area contributed by atoms with E-state index in [1.54, 1.807) is 0 Å². The van der Waals surface area contributed by atoms with Crippen LogP contribution in [0, 0.1) is 11.8 Å². The summed E-state index contributed by atoms with van der Waals surface area (Å²) < 4.78 is 0. The van der Waals surface area contributed by atoms with Crippen molar-refractivity contribution in [2.24, 2.45) is 11.8 Å². The Morgan fingerprint density at radius 3 is 2.71 bits per heavy atom. The highest BCUT2D eigenvalue weighted by atomic mass is 14.9. The van der Waals surface area contributed by atoms with Gasteiger partial charge in [0, 0.05) is 18.4 Å². The molecule has 2 atom stereocenters. The van der Waals surface area contributed by atoms with Gasteiger partial charge in [-0.2, -0.15) is 0 Å². The maximum absolute atomic E-state index is 4.15. The predicted octanol–water partition coefficient (Wildman–Crippen LogP) is 3.04. The van der Waals surface area contributed by atoms with E-state index in [2.05, 4.69) is 30.2 Å². The van der Waals surface area contributed by atoms with Crippen LogP contribution in [0.2, 0.25) is 0 Å². The molecule has 94 valence electrons. The first-order valence-corrected chi connectivity index (χ1v) is 6.89. The van der Waals surface area contributed by atoms with Crippen molar-refractivity contribution in [1.29, 1.82) is 0 Å². The van der Waals surface area contributed by atoms with E-state index >= 15 is 0 Å². The number of pyridine rings is 1. The van der Waals surface area contributed by atoms with Gasteiger partial charge in [-0.25, -0.2) is 0 Å². The average Bonchev–Trinajstić information content (AvgIpc) is 2.34. The molecular formula is C15H24N2. The van der Waals surface area contributed by atoms with Gasteiger partial charge in [0.2, 0.25) is 0 Å². The molecular weight excluding hydrogens is 208 g/mol. The molecule has 1 aliphatic carbocycles. The normalized spacial score (nSPS) is 29.2. The molecule has 0 amide bonds. The molecule has 0 aromatic carbocycles. The Hall–Kier alpha value is -0.890. The Morgan fingerprint density at radius 2 is 2.06 bits per heavy atom. The predicted molar refractivity (Wildman–Crippen MR) is 71.9 cm³/mol. The molecule has 0 saturated heterocycles. The molecule has 0 spiro atoms. The zero-order chi connectivity index (χ0) is 12.1. The number of nitrogens with one attached hydrogen (secondary N) is 1. The summed E-state index contributed by atoms with van der Waals surface area (Å²) in [6.07, 6.45) is 9.06. The molecule has 1 saturated carbocycles. The molecule has 2 nitrogen and oxygen atoms in total. The Morgan fingerprint density at radius 1 is 1.29 bits per heavy atom. The van der Waals surface area contributed by atoms with Crippen LogP contribution in [0.5, 0.6) is 0 Å². The highest BCUT2D eigenvalue weighted by Gasteiger charge is 2.26. The third-order valence-corrected chi connectivity index (χ3v) is 4.06. The van der Waals surface area contributed by atoms with E-state index in [1.807, 2.05) is 18.5 Å². The lowest BCUT2D eigenvalue weighted by Gasteiger charge is -2.35. The van der Waals surface area contributed by atoms with E-state index < -0.39 is 0 Å². The molecule has 0 radical (unpaired) electrons. The van der Waals surface area contributed by atoms with Gasteiger partial charge in [-0.05, 0) is 49.3 Å². The second-order valence-electron chi connectivity index (χ2n) is 5.48. The fourth-order valence-corrected chi connectivity index (χ4v) is 3.01. The third kappa shape index (κ3) is 3.53. The molecule has 0 bridgehead atoms. The van der Waals surface area contributed by atoms with E-state index in [-0.39, 0.29) is 0 Å². The Labute approximate surface area is 105 Å². The second kappa shape index (κ2) is 6.15. The van der Waals surface area contributed by atoms with E-state index in [4.69, 9.17) is 0 Å².